The van der Waals surface area contributed by atoms with Crippen LogP contribution >= 0.6 is 11.8 Å². The van der Waals surface area contributed by atoms with E-state index in [4.69, 9.17) is 0 Å². The molecule has 1 unspecified atom stereocenters. The highest BCUT2D eigenvalue weighted by atomic mass is 32.2. The second kappa shape index (κ2) is 5.27. The molecule has 5 heteroatoms. The summed E-state index contributed by atoms with van der Waals surface area (Å²) in [6.07, 6.45) is 10.6. The van der Waals surface area contributed by atoms with E-state index in [1.54, 1.807) is 6.33 Å². The second-order valence-corrected chi connectivity index (χ2v) is 8.59. The Kier molecular flexibility index (Phi) is 3.53. The zero-order valence-corrected chi connectivity index (χ0v) is 13.9. The molecule has 0 aromatic carbocycles. The third-order valence-corrected chi connectivity index (χ3v) is 7.35. The molecular weight excluding hydrogens is 280 g/mol. The molecule has 116 valence electrons. The molecule has 21 heavy (non-hydrogen) atoms. The van der Waals surface area contributed by atoms with Crippen LogP contribution in [0, 0.1) is 23.2 Å². The zero-order chi connectivity index (χ0) is 14.4. The van der Waals surface area contributed by atoms with Crippen molar-refractivity contribution in [3.05, 3.63) is 6.33 Å². The van der Waals surface area contributed by atoms with Crippen molar-refractivity contribution in [2.45, 2.75) is 49.7 Å². The van der Waals surface area contributed by atoms with Gasteiger partial charge < -0.3 is 5.32 Å². The largest absolute Gasteiger partial charge is 0.316 e. The maximum absolute atomic E-state index is 4.36. The van der Waals surface area contributed by atoms with Crippen LogP contribution in [0.4, 0.5) is 0 Å². The molecule has 5 rings (SSSR count). The van der Waals surface area contributed by atoms with Gasteiger partial charge in [-0.1, -0.05) is 11.8 Å². The molecule has 1 atom stereocenters. The molecule has 0 saturated heterocycles. The molecule has 1 aromatic heterocycles. The minimum atomic E-state index is 0.565. The second-order valence-electron chi connectivity index (χ2n) is 7.60. The predicted molar refractivity (Wildman–Crippen MR) is 85.2 cm³/mol. The van der Waals surface area contributed by atoms with Crippen molar-refractivity contribution in [1.82, 2.24) is 20.1 Å². The molecule has 0 spiro atoms. The lowest BCUT2D eigenvalue weighted by molar-refractivity contribution is -0.0682. The SMILES string of the molecule is CNC(CSc1ncnn1C)C12CC3CC(CC(C3)C1)C2. The number of rotatable bonds is 5. The first-order valence-corrected chi connectivity index (χ1v) is 9.31. The topological polar surface area (TPSA) is 42.7 Å². The maximum atomic E-state index is 4.36. The number of nitrogens with zero attached hydrogens (tertiary/aromatic N) is 3. The highest BCUT2D eigenvalue weighted by Crippen LogP contribution is 2.61. The van der Waals surface area contributed by atoms with Crippen LogP contribution in [-0.4, -0.2) is 33.6 Å². The minimum Gasteiger partial charge on any atom is -0.316 e. The molecule has 0 amide bonds. The first-order valence-electron chi connectivity index (χ1n) is 8.32. The van der Waals surface area contributed by atoms with E-state index in [9.17, 15) is 0 Å². The lowest BCUT2D eigenvalue weighted by atomic mass is 9.48. The van der Waals surface area contributed by atoms with Gasteiger partial charge in [-0.2, -0.15) is 5.10 Å². The highest BCUT2D eigenvalue weighted by molar-refractivity contribution is 7.99. The van der Waals surface area contributed by atoms with E-state index in [-0.39, 0.29) is 0 Å². The average molecular weight is 306 g/mol. The molecule has 0 radical (unpaired) electrons. The van der Waals surface area contributed by atoms with E-state index >= 15 is 0 Å². The van der Waals surface area contributed by atoms with Gasteiger partial charge in [-0.25, -0.2) is 9.67 Å². The molecule has 1 N–H and O–H groups in total. The van der Waals surface area contributed by atoms with Crippen molar-refractivity contribution in [3.63, 3.8) is 0 Å². The molecule has 4 fully saturated rings. The molecule has 1 heterocycles. The Hall–Kier alpha value is -0.550. The first kappa shape index (κ1) is 14.1. The predicted octanol–water partition coefficient (Wildman–Crippen LogP) is 2.71. The van der Waals surface area contributed by atoms with E-state index in [1.807, 2.05) is 23.5 Å². The third kappa shape index (κ3) is 2.42. The summed E-state index contributed by atoms with van der Waals surface area (Å²) in [6, 6.07) is 0.618. The van der Waals surface area contributed by atoms with Crippen LogP contribution in [0.5, 0.6) is 0 Å². The fourth-order valence-corrected chi connectivity index (χ4v) is 6.94. The van der Waals surface area contributed by atoms with E-state index < -0.39 is 0 Å². The van der Waals surface area contributed by atoms with Crippen molar-refractivity contribution in [2.24, 2.45) is 30.2 Å². The van der Waals surface area contributed by atoms with E-state index in [2.05, 4.69) is 22.4 Å². The summed E-state index contributed by atoms with van der Waals surface area (Å²) in [5, 5.41) is 8.88. The fraction of sp³-hybridized carbons (Fsp3) is 0.875. The Morgan fingerprint density at radius 1 is 1.29 bits per heavy atom. The van der Waals surface area contributed by atoms with Gasteiger partial charge >= 0.3 is 0 Å². The monoisotopic (exact) mass is 306 g/mol. The minimum absolute atomic E-state index is 0.565. The van der Waals surface area contributed by atoms with Crippen molar-refractivity contribution in [2.75, 3.05) is 12.8 Å². The van der Waals surface area contributed by atoms with E-state index in [0.717, 1.165) is 28.7 Å². The molecule has 0 aliphatic heterocycles. The summed E-state index contributed by atoms with van der Waals surface area (Å²) < 4.78 is 1.89. The number of aromatic nitrogens is 3. The van der Waals surface area contributed by atoms with Crippen molar-refractivity contribution in [1.29, 1.82) is 0 Å². The van der Waals surface area contributed by atoms with Gasteiger partial charge in [0.15, 0.2) is 5.16 Å². The summed E-state index contributed by atoms with van der Waals surface area (Å²) in [6.45, 7) is 0. The molecule has 4 nitrogen and oxygen atoms in total. The van der Waals surface area contributed by atoms with E-state index in [0.29, 0.717) is 11.5 Å². The van der Waals surface area contributed by atoms with Gasteiger partial charge in [0.05, 0.1) is 0 Å². The molecule has 4 saturated carbocycles. The van der Waals surface area contributed by atoms with Gasteiger partial charge in [0.2, 0.25) is 0 Å². The number of nitrogens with one attached hydrogen (secondary N) is 1. The Balaban J connectivity index is 1.49. The van der Waals surface area contributed by atoms with Crippen LogP contribution in [0.25, 0.3) is 0 Å². The van der Waals surface area contributed by atoms with Gasteiger partial charge in [-0.05, 0) is 68.7 Å². The van der Waals surface area contributed by atoms with Crippen molar-refractivity contribution < 1.29 is 0 Å². The Bertz CT molecular complexity index is 477. The van der Waals surface area contributed by atoms with Crippen LogP contribution in [0.1, 0.15) is 38.5 Å². The molecule has 1 aromatic rings. The summed E-state index contributed by atoms with van der Waals surface area (Å²) >= 11 is 1.86. The molecule has 4 aliphatic carbocycles. The van der Waals surface area contributed by atoms with Crippen molar-refractivity contribution >= 4 is 11.8 Å². The van der Waals surface area contributed by atoms with Crippen LogP contribution in [-0.2, 0) is 7.05 Å². The normalized spacial score (nSPS) is 38.9. The number of thioether (sulfide) groups is 1. The molecular formula is C16H26N4S. The summed E-state index contributed by atoms with van der Waals surface area (Å²) in [4.78, 5) is 4.36. The maximum Gasteiger partial charge on any atom is 0.185 e. The number of hydrogen-bond acceptors (Lipinski definition) is 4. The lowest BCUT2D eigenvalue weighted by Gasteiger charge is -2.59. The van der Waals surface area contributed by atoms with E-state index in [1.165, 1.54) is 38.5 Å². The van der Waals surface area contributed by atoms with Gasteiger partial charge in [0.1, 0.15) is 6.33 Å². The lowest BCUT2D eigenvalue weighted by Crippen LogP contribution is -2.56. The Labute approximate surface area is 131 Å². The smallest absolute Gasteiger partial charge is 0.185 e. The van der Waals surface area contributed by atoms with Crippen molar-refractivity contribution in [3.8, 4) is 0 Å². The number of aryl methyl sites for hydroxylation is 1. The van der Waals surface area contributed by atoms with Crippen LogP contribution in [0.15, 0.2) is 11.5 Å². The third-order valence-electron chi connectivity index (χ3n) is 6.22. The van der Waals surface area contributed by atoms with Crippen LogP contribution in [0.3, 0.4) is 0 Å². The Morgan fingerprint density at radius 3 is 2.38 bits per heavy atom. The number of hydrogen-bond donors (Lipinski definition) is 1. The fourth-order valence-electron chi connectivity index (χ4n) is 5.74. The average Bonchev–Trinajstić information content (AvgIpc) is 2.83. The van der Waals surface area contributed by atoms with Crippen LogP contribution in [0.2, 0.25) is 0 Å². The zero-order valence-electron chi connectivity index (χ0n) is 13.1. The Morgan fingerprint density at radius 2 is 1.90 bits per heavy atom. The standard InChI is InChI=1S/C16H26N4S/c1-17-14(9-21-15-18-10-19-20(15)2)16-6-11-3-12(7-16)5-13(4-11)8-16/h10-14,17H,3-9H2,1-2H3. The molecule has 4 aliphatic rings. The van der Waals surface area contributed by atoms with Gasteiger partial charge in [-0.3, -0.25) is 0 Å². The van der Waals surface area contributed by atoms with Gasteiger partial charge in [-0.15, -0.1) is 0 Å². The summed E-state index contributed by atoms with van der Waals surface area (Å²) in [5.74, 6) is 4.18. The van der Waals surface area contributed by atoms with Crippen LogP contribution < -0.4 is 5.32 Å². The summed E-state index contributed by atoms with van der Waals surface area (Å²) in [5.41, 5.74) is 0.565. The highest BCUT2D eigenvalue weighted by Gasteiger charge is 2.53. The summed E-state index contributed by atoms with van der Waals surface area (Å²) in [7, 11) is 4.13. The quantitative estimate of drug-likeness (QED) is 0.850. The van der Waals surface area contributed by atoms with Gasteiger partial charge in [0, 0.05) is 18.8 Å². The molecule has 4 bridgehead atoms. The van der Waals surface area contributed by atoms with Gasteiger partial charge in [0.25, 0.3) is 0 Å². The first-order chi connectivity index (χ1) is 10.2.